The maximum absolute atomic E-state index is 13.6. The normalized spacial score (nSPS) is 12.2. The third-order valence-corrected chi connectivity index (χ3v) is 2.36. The molecule has 0 saturated carbocycles. The van der Waals surface area contributed by atoms with E-state index in [1.165, 1.54) is 18.2 Å². The second-order valence-electron chi connectivity index (χ2n) is 3.16. The number of carboxylic acid groups (broad SMARTS) is 1. The van der Waals surface area contributed by atoms with E-state index in [1.807, 2.05) is 0 Å². The van der Waals surface area contributed by atoms with E-state index >= 15 is 0 Å². The van der Waals surface area contributed by atoms with Crippen LogP contribution < -0.4 is 5.32 Å². The number of benzene rings is 1. The molecule has 16 heavy (non-hydrogen) atoms. The number of halogens is 2. The fraction of sp³-hybridized carbons (Fsp3) is 0.300. The van der Waals surface area contributed by atoms with Crippen LogP contribution in [0.2, 0.25) is 5.02 Å². The molecule has 0 aliphatic heterocycles. The SMILES string of the molecule is O=C(O)NC(CCO)c1cccc(Cl)c1F. The van der Waals surface area contributed by atoms with E-state index in [4.69, 9.17) is 21.8 Å². The number of hydrogen-bond donors (Lipinski definition) is 3. The third-order valence-electron chi connectivity index (χ3n) is 2.07. The van der Waals surface area contributed by atoms with Crippen LogP contribution in [0.25, 0.3) is 0 Å². The van der Waals surface area contributed by atoms with Crippen molar-refractivity contribution < 1.29 is 19.4 Å². The molecule has 0 saturated heterocycles. The Morgan fingerprint density at radius 2 is 2.25 bits per heavy atom. The number of hydrogen-bond acceptors (Lipinski definition) is 2. The molecule has 0 bridgehead atoms. The second-order valence-corrected chi connectivity index (χ2v) is 3.56. The van der Waals surface area contributed by atoms with Crippen molar-refractivity contribution in [2.24, 2.45) is 0 Å². The minimum atomic E-state index is -1.28. The van der Waals surface area contributed by atoms with Crippen LogP contribution in [0.4, 0.5) is 9.18 Å². The molecule has 0 aliphatic carbocycles. The van der Waals surface area contributed by atoms with E-state index in [0.717, 1.165) is 0 Å². The number of rotatable bonds is 4. The number of amides is 1. The summed E-state index contributed by atoms with van der Waals surface area (Å²) in [5.41, 5.74) is 0.129. The van der Waals surface area contributed by atoms with Gasteiger partial charge in [0.1, 0.15) is 5.82 Å². The van der Waals surface area contributed by atoms with Gasteiger partial charge in [-0.15, -0.1) is 0 Å². The van der Waals surface area contributed by atoms with Crippen LogP contribution in [-0.4, -0.2) is 22.9 Å². The van der Waals surface area contributed by atoms with Crippen molar-refractivity contribution in [1.29, 1.82) is 0 Å². The van der Waals surface area contributed by atoms with Gasteiger partial charge in [0.15, 0.2) is 0 Å². The molecule has 0 radical (unpaired) electrons. The highest BCUT2D eigenvalue weighted by molar-refractivity contribution is 6.30. The first-order chi connectivity index (χ1) is 7.56. The van der Waals surface area contributed by atoms with E-state index in [0.29, 0.717) is 0 Å². The van der Waals surface area contributed by atoms with Gasteiger partial charge in [-0.1, -0.05) is 23.7 Å². The van der Waals surface area contributed by atoms with Gasteiger partial charge in [-0.05, 0) is 12.5 Å². The highest BCUT2D eigenvalue weighted by Gasteiger charge is 2.18. The molecule has 0 heterocycles. The van der Waals surface area contributed by atoms with Crippen molar-refractivity contribution in [1.82, 2.24) is 5.32 Å². The van der Waals surface area contributed by atoms with Gasteiger partial charge < -0.3 is 15.5 Å². The summed E-state index contributed by atoms with van der Waals surface area (Å²) in [4.78, 5) is 10.5. The van der Waals surface area contributed by atoms with Crippen LogP contribution in [0.15, 0.2) is 18.2 Å². The van der Waals surface area contributed by atoms with Crippen molar-refractivity contribution in [2.75, 3.05) is 6.61 Å². The van der Waals surface area contributed by atoms with Gasteiger partial charge in [0.2, 0.25) is 0 Å². The molecule has 1 aromatic rings. The van der Waals surface area contributed by atoms with E-state index in [1.54, 1.807) is 0 Å². The maximum atomic E-state index is 13.6. The molecule has 0 aromatic heterocycles. The van der Waals surface area contributed by atoms with Crippen LogP contribution in [-0.2, 0) is 0 Å². The minimum Gasteiger partial charge on any atom is -0.465 e. The van der Waals surface area contributed by atoms with Crippen molar-refractivity contribution >= 4 is 17.7 Å². The van der Waals surface area contributed by atoms with Gasteiger partial charge in [-0.25, -0.2) is 9.18 Å². The summed E-state index contributed by atoms with van der Waals surface area (Å²) in [6.07, 6.45) is -1.19. The monoisotopic (exact) mass is 247 g/mol. The fourth-order valence-corrected chi connectivity index (χ4v) is 1.56. The second kappa shape index (κ2) is 5.67. The van der Waals surface area contributed by atoms with Gasteiger partial charge in [0, 0.05) is 12.2 Å². The number of nitrogens with one attached hydrogen (secondary N) is 1. The van der Waals surface area contributed by atoms with Gasteiger partial charge >= 0.3 is 6.09 Å². The Morgan fingerprint density at radius 1 is 1.56 bits per heavy atom. The first kappa shape index (κ1) is 12.7. The smallest absolute Gasteiger partial charge is 0.405 e. The Morgan fingerprint density at radius 3 is 2.81 bits per heavy atom. The molecule has 0 spiro atoms. The lowest BCUT2D eigenvalue weighted by Crippen LogP contribution is -2.28. The van der Waals surface area contributed by atoms with Crippen LogP contribution in [0, 0.1) is 5.82 Å². The summed E-state index contributed by atoms with van der Waals surface area (Å²) >= 11 is 5.58. The van der Waals surface area contributed by atoms with E-state index in [2.05, 4.69) is 5.32 Å². The molecule has 0 aliphatic rings. The number of aliphatic hydroxyl groups excluding tert-OH is 1. The molecule has 1 amide bonds. The Hall–Kier alpha value is -1.33. The summed E-state index contributed by atoms with van der Waals surface area (Å²) in [5.74, 6) is -0.670. The summed E-state index contributed by atoms with van der Waals surface area (Å²) in [7, 11) is 0. The standard InChI is InChI=1S/C10H11ClFNO3/c11-7-3-1-2-6(9(7)12)8(4-5-14)13-10(15)16/h1-3,8,13-14H,4-5H2,(H,15,16). The largest absolute Gasteiger partial charge is 0.465 e. The zero-order valence-corrected chi connectivity index (χ0v) is 9.04. The van der Waals surface area contributed by atoms with Crippen LogP contribution in [0.1, 0.15) is 18.0 Å². The summed E-state index contributed by atoms with van der Waals surface area (Å²) in [5, 5.41) is 19.4. The zero-order chi connectivity index (χ0) is 12.1. The first-order valence-electron chi connectivity index (χ1n) is 4.60. The topological polar surface area (TPSA) is 69.6 Å². The highest BCUT2D eigenvalue weighted by atomic mass is 35.5. The first-order valence-corrected chi connectivity index (χ1v) is 4.98. The Balaban J connectivity index is 3.00. The van der Waals surface area contributed by atoms with Gasteiger partial charge in [-0.3, -0.25) is 0 Å². The van der Waals surface area contributed by atoms with Crippen LogP contribution in [0.3, 0.4) is 0 Å². The predicted octanol–water partition coefficient (Wildman–Crippen LogP) is 2.17. The number of aliphatic hydroxyl groups is 1. The summed E-state index contributed by atoms with van der Waals surface area (Å²) < 4.78 is 13.6. The van der Waals surface area contributed by atoms with Crippen molar-refractivity contribution in [3.63, 3.8) is 0 Å². The lowest BCUT2D eigenvalue weighted by Gasteiger charge is -2.17. The van der Waals surface area contributed by atoms with Crippen molar-refractivity contribution in [3.05, 3.63) is 34.6 Å². The highest BCUT2D eigenvalue weighted by Crippen LogP contribution is 2.25. The molecule has 4 nitrogen and oxygen atoms in total. The molecule has 6 heteroatoms. The van der Waals surface area contributed by atoms with E-state index in [-0.39, 0.29) is 23.6 Å². The molecule has 0 fully saturated rings. The molecule has 1 atom stereocenters. The van der Waals surface area contributed by atoms with Gasteiger partial charge in [0.05, 0.1) is 11.1 Å². The Kier molecular flexibility index (Phi) is 4.52. The summed E-state index contributed by atoms with van der Waals surface area (Å²) in [6, 6.07) is 3.52. The quantitative estimate of drug-likeness (QED) is 0.764. The average molecular weight is 248 g/mol. The molecule has 88 valence electrons. The van der Waals surface area contributed by atoms with Crippen molar-refractivity contribution in [3.8, 4) is 0 Å². The fourth-order valence-electron chi connectivity index (χ4n) is 1.37. The van der Waals surface area contributed by atoms with Crippen LogP contribution in [0.5, 0.6) is 0 Å². The summed E-state index contributed by atoms with van der Waals surface area (Å²) in [6.45, 7) is -0.253. The van der Waals surface area contributed by atoms with Gasteiger partial charge in [0.25, 0.3) is 0 Å². The minimum absolute atomic E-state index is 0.0763. The molecular weight excluding hydrogens is 237 g/mol. The lowest BCUT2D eigenvalue weighted by atomic mass is 10.0. The van der Waals surface area contributed by atoms with E-state index < -0.39 is 18.0 Å². The van der Waals surface area contributed by atoms with E-state index in [9.17, 15) is 9.18 Å². The average Bonchev–Trinajstić information content (AvgIpc) is 2.21. The Bertz CT molecular complexity index is 386. The predicted molar refractivity (Wildman–Crippen MR) is 57.0 cm³/mol. The molecule has 1 unspecified atom stereocenters. The number of carbonyl (C=O) groups is 1. The maximum Gasteiger partial charge on any atom is 0.405 e. The van der Waals surface area contributed by atoms with Gasteiger partial charge in [-0.2, -0.15) is 0 Å². The Labute approximate surface area is 96.7 Å². The van der Waals surface area contributed by atoms with Crippen molar-refractivity contribution in [2.45, 2.75) is 12.5 Å². The lowest BCUT2D eigenvalue weighted by molar-refractivity contribution is 0.185. The third kappa shape index (κ3) is 3.08. The molecule has 3 N–H and O–H groups in total. The molecular formula is C10H11ClFNO3. The van der Waals surface area contributed by atoms with Crippen LogP contribution >= 0.6 is 11.6 Å². The molecule has 1 aromatic carbocycles. The molecule has 1 rings (SSSR count). The zero-order valence-electron chi connectivity index (χ0n) is 8.28.